The molecule has 0 saturated carbocycles. The van der Waals surface area contributed by atoms with E-state index in [9.17, 15) is 9.59 Å². The van der Waals surface area contributed by atoms with Crippen molar-refractivity contribution >= 4 is 23.4 Å². The van der Waals surface area contributed by atoms with Gasteiger partial charge in [0.05, 0.1) is 5.56 Å². The van der Waals surface area contributed by atoms with Crippen LogP contribution < -0.4 is 11.1 Å². The van der Waals surface area contributed by atoms with Crippen LogP contribution in [-0.2, 0) is 0 Å². The van der Waals surface area contributed by atoms with Gasteiger partial charge >= 0.3 is 5.97 Å². The average molecular weight is 272 g/mol. The van der Waals surface area contributed by atoms with Crippen molar-refractivity contribution in [3.05, 3.63) is 47.2 Å². The van der Waals surface area contributed by atoms with Crippen molar-refractivity contribution in [2.75, 3.05) is 5.32 Å². The number of primary amides is 1. The Hall–Kier alpha value is -2.96. The lowest BCUT2D eigenvalue weighted by atomic mass is 10.1. The maximum atomic E-state index is 11.0. The SMILES string of the molecule is Cc1ccc(Nc2ccc(C(N)=O)nn2)cc1C(=O)O. The lowest BCUT2D eigenvalue weighted by Gasteiger charge is -2.07. The third-order valence-corrected chi connectivity index (χ3v) is 2.66. The fraction of sp³-hybridized carbons (Fsp3) is 0.0769. The van der Waals surface area contributed by atoms with Crippen LogP contribution in [-0.4, -0.2) is 27.2 Å². The molecule has 1 heterocycles. The van der Waals surface area contributed by atoms with Gasteiger partial charge in [0.2, 0.25) is 0 Å². The van der Waals surface area contributed by atoms with Gasteiger partial charge in [-0.15, -0.1) is 10.2 Å². The molecule has 0 aliphatic carbocycles. The minimum atomic E-state index is -0.999. The molecular formula is C13H12N4O3. The zero-order valence-electron chi connectivity index (χ0n) is 10.6. The number of hydrogen-bond donors (Lipinski definition) is 3. The van der Waals surface area contributed by atoms with Gasteiger partial charge in [0.15, 0.2) is 11.5 Å². The van der Waals surface area contributed by atoms with E-state index in [0.29, 0.717) is 17.1 Å². The van der Waals surface area contributed by atoms with Crippen LogP contribution in [0.15, 0.2) is 30.3 Å². The lowest BCUT2D eigenvalue weighted by molar-refractivity contribution is 0.0696. The smallest absolute Gasteiger partial charge is 0.336 e. The number of aromatic carboxylic acids is 1. The van der Waals surface area contributed by atoms with E-state index in [0.717, 1.165) is 0 Å². The van der Waals surface area contributed by atoms with Gasteiger partial charge in [0, 0.05) is 5.69 Å². The van der Waals surface area contributed by atoms with Crippen LogP contribution in [0.4, 0.5) is 11.5 Å². The zero-order chi connectivity index (χ0) is 14.7. The van der Waals surface area contributed by atoms with E-state index in [1.165, 1.54) is 18.2 Å². The number of amides is 1. The maximum Gasteiger partial charge on any atom is 0.336 e. The summed E-state index contributed by atoms with van der Waals surface area (Å²) in [6.45, 7) is 1.72. The third kappa shape index (κ3) is 2.89. The summed E-state index contributed by atoms with van der Waals surface area (Å²) in [5.41, 5.74) is 6.55. The first-order valence-electron chi connectivity index (χ1n) is 5.72. The van der Waals surface area contributed by atoms with Gasteiger partial charge in [-0.3, -0.25) is 4.79 Å². The van der Waals surface area contributed by atoms with Gasteiger partial charge in [-0.1, -0.05) is 6.07 Å². The number of nitrogens with two attached hydrogens (primary N) is 1. The highest BCUT2D eigenvalue weighted by molar-refractivity contribution is 5.91. The molecule has 7 nitrogen and oxygen atoms in total. The number of aromatic nitrogens is 2. The van der Waals surface area contributed by atoms with Crippen molar-refractivity contribution in [3.63, 3.8) is 0 Å². The third-order valence-electron chi connectivity index (χ3n) is 2.66. The van der Waals surface area contributed by atoms with Crippen molar-refractivity contribution in [1.82, 2.24) is 10.2 Å². The fourth-order valence-electron chi connectivity index (χ4n) is 1.61. The normalized spacial score (nSPS) is 10.1. The van der Waals surface area contributed by atoms with Crippen molar-refractivity contribution < 1.29 is 14.7 Å². The molecule has 0 bridgehead atoms. The molecule has 0 fully saturated rings. The number of anilines is 2. The summed E-state index contributed by atoms with van der Waals surface area (Å²) in [6, 6.07) is 7.89. The quantitative estimate of drug-likeness (QED) is 0.772. The van der Waals surface area contributed by atoms with Gasteiger partial charge in [0.1, 0.15) is 0 Å². The minimum Gasteiger partial charge on any atom is -0.478 e. The van der Waals surface area contributed by atoms with Crippen LogP contribution in [0.3, 0.4) is 0 Å². The molecule has 0 aliphatic rings. The predicted octanol–water partition coefficient (Wildman–Crippen LogP) is 1.33. The molecule has 0 radical (unpaired) electrons. The minimum absolute atomic E-state index is 0.0608. The monoisotopic (exact) mass is 272 g/mol. The Kier molecular flexibility index (Phi) is 3.60. The predicted molar refractivity (Wildman–Crippen MR) is 72.0 cm³/mol. The molecule has 1 aromatic heterocycles. The zero-order valence-corrected chi connectivity index (χ0v) is 10.6. The van der Waals surface area contributed by atoms with Crippen LogP contribution in [0, 0.1) is 6.92 Å². The number of carboxylic acid groups (broad SMARTS) is 1. The Morgan fingerprint density at radius 2 is 1.95 bits per heavy atom. The van der Waals surface area contributed by atoms with Crippen LogP contribution in [0.2, 0.25) is 0 Å². The number of carbonyl (C=O) groups is 2. The van der Waals surface area contributed by atoms with E-state index in [1.807, 2.05) is 0 Å². The van der Waals surface area contributed by atoms with Crippen LogP contribution in [0.25, 0.3) is 0 Å². The molecule has 20 heavy (non-hydrogen) atoms. The molecule has 0 atom stereocenters. The fourth-order valence-corrected chi connectivity index (χ4v) is 1.61. The summed E-state index contributed by atoms with van der Waals surface area (Å²) in [6.07, 6.45) is 0. The first-order valence-corrected chi connectivity index (χ1v) is 5.72. The van der Waals surface area contributed by atoms with Crippen molar-refractivity contribution in [3.8, 4) is 0 Å². The second-order valence-electron chi connectivity index (χ2n) is 4.13. The second-order valence-corrected chi connectivity index (χ2v) is 4.13. The average Bonchev–Trinajstić information content (AvgIpc) is 2.41. The van der Waals surface area contributed by atoms with E-state index >= 15 is 0 Å². The Morgan fingerprint density at radius 1 is 1.20 bits per heavy atom. The number of carbonyl (C=O) groups excluding carboxylic acids is 1. The topological polar surface area (TPSA) is 118 Å². The van der Waals surface area contributed by atoms with E-state index < -0.39 is 11.9 Å². The summed E-state index contributed by atoms with van der Waals surface area (Å²) < 4.78 is 0. The summed E-state index contributed by atoms with van der Waals surface area (Å²) in [7, 11) is 0. The number of nitrogens with one attached hydrogen (secondary N) is 1. The first kappa shape index (κ1) is 13.5. The molecule has 102 valence electrons. The summed E-state index contributed by atoms with van der Waals surface area (Å²) in [5.74, 6) is -1.27. The number of aryl methyl sites for hydroxylation is 1. The molecule has 4 N–H and O–H groups in total. The Bertz CT molecular complexity index is 668. The molecule has 7 heteroatoms. The van der Waals surface area contributed by atoms with Crippen LogP contribution in [0.5, 0.6) is 0 Å². The van der Waals surface area contributed by atoms with Gasteiger partial charge in [-0.2, -0.15) is 0 Å². The highest BCUT2D eigenvalue weighted by Gasteiger charge is 2.08. The van der Waals surface area contributed by atoms with Gasteiger partial charge in [-0.05, 0) is 36.8 Å². The molecule has 2 rings (SSSR count). The molecule has 0 spiro atoms. The Labute approximate surface area is 114 Å². The van der Waals surface area contributed by atoms with Crippen LogP contribution >= 0.6 is 0 Å². The van der Waals surface area contributed by atoms with Crippen molar-refractivity contribution in [2.24, 2.45) is 5.73 Å². The van der Waals surface area contributed by atoms with E-state index in [-0.39, 0.29) is 11.3 Å². The maximum absolute atomic E-state index is 11.0. The largest absolute Gasteiger partial charge is 0.478 e. The van der Waals surface area contributed by atoms with Crippen molar-refractivity contribution in [1.29, 1.82) is 0 Å². The number of hydrogen-bond acceptors (Lipinski definition) is 5. The number of carboxylic acids is 1. The highest BCUT2D eigenvalue weighted by Crippen LogP contribution is 2.18. The summed E-state index contributed by atoms with van der Waals surface area (Å²) >= 11 is 0. The molecule has 1 amide bonds. The number of rotatable bonds is 4. The van der Waals surface area contributed by atoms with Gasteiger partial charge in [-0.25, -0.2) is 4.79 Å². The molecular weight excluding hydrogens is 260 g/mol. The molecule has 2 aromatic rings. The van der Waals surface area contributed by atoms with E-state index in [4.69, 9.17) is 10.8 Å². The van der Waals surface area contributed by atoms with Gasteiger partial charge < -0.3 is 16.2 Å². The Morgan fingerprint density at radius 3 is 2.50 bits per heavy atom. The van der Waals surface area contributed by atoms with Gasteiger partial charge in [0.25, 0.3) is 5.91 Å². The van der Waals surface area contributed by atoms with E-state index in [1.54, 1.807) is 19.1 Å². The molecule has 1 aromatic carbocycles. The lowest BCUT2D eigenvalue weighted by Crippen LogP contribution is -2.13. The first-order chi connectivity index (χ1) is 9.47. The summed E-state index contributed by atoms with van der Waals surface area (Å²) in [5, 5.41) is 19.4. The van der Waals surface area contributed by atoms with E-state index in [2.05, 4.69) is 15.5 Å². The Balaban J connectivity index is 2.23. The number of nitrogens with zero attached hydrogens (tertiary/aromatic N) is 2. The second kappa shape index (κ2) is 5.35. The molecule has 0 aliphatic heterocycles. The van der Waals surface area contributed by atoms with Crippen molar-refractivity contribution in [2.45, 2.75) is 6.92 Å². The summed E-state index contributed by atoms with van der Waals surface area (Å²) in [4.78, 5) is 21.9. The highest BCUT2D eigenvalue weighted by atomic mass is 16.4. The number of benzene rings is 1. The molecule has 0 unspecified atom stereocenters. The standard InChI is InChI=1S/C13H12N4O3/c1-7-2-3-8(6-9(7)13(19)20)15-11-5-4-10(12(14)18)16-17-11/h2-6H,1H3,(H2,14,18)(H,15,17)(H,19,20). The molecule has 0 saturated heterocycles. The van der Waals surface area contributed by atoms with Crippen LogP contribution in [0.1, 0.15) is 26.4 Å².